The van der Waals surface area contributed by atoms with Crippen molar-refractivity contribution in [2.75, 3.05) is 6.61 Å². The largest absolute Gasteiger partial charge is 0.485 e. The smallest absolute Gasteiger partial charge is 0.200 e. The number of hydrogen-bond donors (Lipinski definition) is 0. The average Bonchev–Trinajstić information content (AvgIpc) is 2.91. The Morgan fingerprint density at radius 1 is 1.14 bits per heavy atom. The lowest BCUT2D eigenvalue weighted by Crippen LogP contribution is -2.12. The monoisotopic (exact) mass is 348 g/mol. The zero-order valence-corrected chi connectivity index (χ0v) is 13.0. The minimum Gasteiger partial charge on any atom is -0.485 e. The minimum absolute atomic E-state index is 0.0886. The zero-order valence-electron chi connectivity index (χ0n) is 11.4. The van der Waals surface area contributed by atoms with E-state index in [0.717, 1.165) is 19.3 Å². The van der Waals surface area contributed by atoms with Crippen molar-refractivity contribution in [3.05, 3.63) is 63.4 Å². The van der Waals surface area contributed by atoms with Gasteiger partial charge in [-0.05, 0) is 48.6 Å². The van der Waals surface area contributed by atoms with Crippen LogP contribution in [0, 0.1) is 5.82 Å². The Kier molecular flexibility index (Phi) is 4.06. The van der Waals surface area contributed by atoms with E-state index in [9.17, 15) is 9.18 Å². The summed E-state index contributed by atoms with van der Waals surface area (Å²) in [6, 6.07) is 10.1. The first-order chi connectivity index (χ1) is 10.1. The Hall–Kier alpha value is -1.68. The van der Waals surface area contributed by atoms with Gasteiger partial charge in [0.2, 0.25) is 0 Å². The van der Waals surface area contributed by atoms with E-state index in [1.165, 1.54) is 23.3 Å². The number of fused-ring (bicyclic) bond motifs is 1. The molecule has 0 saturated heterocycles. The van der Waals surface area contributed by atoms with E-state index in [-0.39, 0.29) is 12.4 Å². The Labute approximate surface area is 131 Å². The van der Waals surface area contributed by atoms with Gasteiger partial charge in [0.15, 0.2) is 12.4 Å². The van der Waals surface area contributed by atoms with Crippen LogP contribution in [0.4, 0.5) is 4.39 Å². The van der Waals surface area contributed by atoms with Crippen molar-refractivity contribution < 1.29 is 13.9 Å². The van der Waals surface area contributed by atoms with Gasteiger partial charge < -0.3 is 4.74 Å². The zero-order chi connectivity index (χ0) is 14.8. The lowest BCUT2D eigenvalue weighted by Gasteiger charge is -2.07. The van der Waals surface area contributed by atoms with Crippen LogP contribution in [0.5, 0.6) is 5.75 Å². The summed E-state index contributed by atoms with van der Waals surface area (Å²) in [6.45, 7) is -0.0886. The van der Waals surface area contributed by atoms with Crippen molar-refractivity contribution in [2.24, 2.45) is 0 Å². The van der Waals surface area contributed by atoms with E-state index in [0.29, 0.717) is 15.8 Å². The second-order valence-electron chi connectivity index (χ2n) is 5.15. The number of carbonyl (C=O) groups is 1. The maximum atomic E-state index is 13.2. The van der Waals surface area contributed by atoms with E-state index in [4.69, 9.17) is 4.74 Å². The molecule has 2 aromatic carbocycles. The standard InChI is InChI=1S/C17H14BrFO2/c18-14-7-15(19)9-16(8-14)21-10-17(20)13-5-4-11-2-1-3-12(11)6-13/h4-9H,1-3,10H2. The number of aryl methyl sites for hydroxylation is 2. The van der Waals surface area contributed by atoms with Crippen LogP contribution in [0.3, 0.4) is 0 Å². The van der Waals surface area contributed by atoms with Gasteiger partial charge in [-0.15, -0.1) is 0 Å². The normalized spacial score (nSPS) is 13.0. The molecule has 0 saturated carbocycles. The summed E-state index contributed by atoms with van der Waals surface area (Å²) in [6.07, 6.45) is 3.28. The van der Waals surface area contributed by atoms with Gasteiger partial charge in [0.1, 0.15) is 11.6 Å². The summed E-state index contributed by atoms with van der Waals surface area (Å²) in [5.74, 6) is -0.147. The van der Waals surface area contributed by atoms with Gasteiger partial charge >= 0.3 is 0 Å². The van der Waals surface area contributed by atoms with E-state index >= 15 is 0 Å². The maximum absolute atomic E-state index is 13.2. The molecular weight excluding hydrogens is 335 g/mol. The minimum atomic E-state index is -0.399. The van der Waals surface area contributed by atoms with Gasteiger partial charge in [0.25, 0.3) is 0 Å². The number of ether oxygens (including phenoxy) is 1. The fourth-order valence-electron chi connectivity index (χ4n) is 2.59. The van der Waals surface area contributed by atoms with Crippen LogP contribution in [-0.4, -0.2) is 12.4 Å². The molecule has 0 amide bonds. The predicted molar refractivity (Wildman–Crippen MR) is 82.4 cm³/mol. The van der Waals surface area contributed by atoms with Gasteiger partial charge in [0.05, 0.1) is 0 Å². The Balaban J connectivity index is 1.69. The summed E-state index contributed by atoms with van der Waals surface area (Å²) >= 11 is 3.19. The molecule has 0 bridgehead atoms. The highest BCUT2D eigenvalue weighted by atomic mass is 79.9. The van der Waals surface area contributed by atoms with Crippen molar-refractivity contribution in [1.82, 2.24) is 0 Å². The van der Waals surface area contributed by atoms with E-state index < -0.39 is 5.82 Å². The molecular formula is C17H14BrFO2. The van der Waals surface area contributed by atoms with Crippen LogP contribution in [0.25, 0.3) is 0 Å². The molecule has 3 rings (SSSR count). The summed E-state index contributed by atoms with van der Waals surface area (Å²) < 4.78 is 19.2. The number of benzene rings is 2. The lowest BCUT2D eigenvalue weighted by atomic mass is 10.0. The second-order valence-corrected chi connectivity index (χ2v) is 6.07. The van der Waals surface area contributed by atoms with Crippen LogP contribution in [0.1, 0.15) is 27.9 Å². The molecule has 0 heterocycles. The summed E-state index contributed by atoms with van der Waals surface area (Å²) in [5.41, 5.74) is 3.25. The fraction of sp³-hybridized carbons (Fsp3) is 0.235. The number of Topliss-reactive ketones (excluding diaryl/α,β-unsaturated/α-hetero) is 1. The molecule has 4 heteroatoms. The highest BCUT2D eigenvalue weighted by molar-refractivity contribution is 9.10. The first-order valence-corrected chi connectivity index (χ1v) is 7.65. The average molecular weight is 349 g/mol. The first-order valence-electron chi connectivity index (χ1n) is 6.86. The van der Waals surface area contributed by atoms with Gasteiger partial charge in [-0.1, -0.05) is 28.1 Å². The number of carbonyl (C=O) groups excluding carboxylic acids is 1. The van der Waals surface area contributed by atoms with Crippen molar-refractivity contribution in [3.8, 4) is 5.75 Å². The molecule has 0 fully saturated rings. The molecule has 0 atom stereocenters. The molecule has 21 heavy (non-hydrogen) atoms. The van der Waals surface area contributed by atoms with Gasteiger partial charge in [-0.3, -0.25) is 4.79 Å². The third-order valence-corrected chi connectivity index (χ3v) is 4.08. The Morgan fingerprint density at radius 2 is 1.95 bits per heavy atom. The van der Waals surface area contributed by atoms with Gasteiger partial charge in [0, 0.05) is 16.1 Å². The molecule has 0 aromatic heterocycles. The van der Waals surface area contributed by atoms with Crippen molar-refractivity contribution in [1.29, 1.82) is 0 Å². The number of ketones is 1. The predicted octanol–water partition coefficient (Wildman–Crippen LogP) is 4.34. The first kappa shape index (κ1) is 14.3. The maximum Gasteiger partial charge on any atom is 0.200 e. The summed E-state index contributed by atoms with van der Waals surface area (Å²) in [4.78, 5) is 12.2. The van der Waals surface area contributed by atoms with Crippen LogP contribution in [0.15, 0.2) is 40.9 Å². The molecule has 2 aromatic rings. The van der Waals surface area contributed by atoms with Gasteiger partial charge in [-0.2, -0.15) is 0 Å². The molecule has 0 spiro atoms. The SMILES string of the molecule is O=C(COc1cc(F)cc(Br)c1)c1ccc2c(c1)CCC2. The van der Waals surface area contributed by atoms with Crippen LogP contribution >= 0.6 is 15.9 Å². The molecule has 0 aliphatic heterocycles. The molecule has 108 valence electrons. The van der Waals surface area contributed by atoms with Crippen molar-refractivity contribution >= 4 is 21.7 Å². The van der Waals surface area contributed by atoms with Crippen molar-refractivity contribution in [3.63, 3.8) is 0 Å². The van der Waals surface area contributed by atoms with Crippen molar-refractivity contribution in [2.45, 2.75) is 19.3 Å². The highest BCUT2D eigenvalue weighted by Crippen LogP contribution is 2.24. The highest BCUT2D eigenvalue weighted by Gasteiger charge is 2.14. The van der Waals surface area contributed by atoms with E-state index in [2.05, 4.69) is 15.9 Å². The molecule has 1 aliphatic carbocycles. The number of halogens is 2. The third-order valence-electron chi connectivity index (χ3n) is 3.63. The molecule has 0 N–H and O–H groups in total. The van der Waals surface area contributed by atoms with E-state index in [1.807, 2.05) is 18.2 Å². The Morgan fingerprint density at radius 3 is 2.76 bits per heavy atom. The van der Waals surface area contributed by atoms with Crippen LogP contribution in [0.2, 0.25) is 0 Å². The molecule has 2 nitrogen and oxygen atoms in total. The summed E-state index contributed by atoms with van der Waals surface area (Å²) in [7, 11) is 0. The molecule has 0 unspecified atom stereocenters. The Bertz CT molecular complexity index is 677. The van der Waals surface area contributed by atoms with E-state index in [1.54, 1.807) is 6.07 Å². The number of hydrogen-bond acceptors (Lipinski definition) is 2. The topological polar surface area (TPSA) is 26.3 Å². The molecule has 1 aliphatic rings. The number of rotatable bonds is 4. The van der Waals surface area contributed by atoms with Crippen LogP contribution < -0.4 is 4.74 Å². The van der Waals surface area contributed by atoms with Crippen LogP contribution in [-0.2, 0) is 12.8 Å². The van der Waals surface area contributed by atoms with Gasteiger partial charge in [-0.25, -0.2) is 4.39 Å². The second kappa shape index (κ2) is 5.98. The fourth-order valence-corrected chi connectivity index (χ4v) is 3.03. The third kappa shape index (κ3) is 3.32. The summed E-state index contributed by atoms with van der Waals surface area (Å²) in [5, 5.41) is 0. The lowest BCUT2D eigenvalue weighted by molar-refractivity contribution is 0.0921. The quantitative estimate of drug-likeness (QED) is 0.768. The molecule has 0 radical (unpaired) electrons.